The molecule has 2 atom stereocenters. The average Bonchev–Trinajstić information content (AvgIpc) is 3.37. The summed E-state index contributed by atoms with van der Waals surface area (Å²) in [4.78, 5) is 23.4. The molecular formula is C21H26N6O2. The first-order valence-corrected chi connectivity index (χ1v) is 9.97. The molecule has 1 saturated heterocycles. The molecule has 1 aliphatic heterocycles. The van der Waals surface area contributed by atoms with Crippen LogP contribution in [0.3, 0.4) is 0 Å². The molecule has 2 N–H and O–H groups in total. The molecule has 0 aliphatic carbocycles. The highest BCUT2D eigenvalue weighted by molar-refractivity contribution is 5.82. The smallest absolute Gasteiger partial charge is 0.239 e. The van der Waals surface area contributed by atoms with Gasteiger partial charge in [0.2, 0.25) is 11.8 Å². The summed E-state index contributed by atoms with van der Waals surface area (Å²) >= 11 is 0. The lowest BCUT2D eigenvalue weighted by Gasteiger charge is -2.32. The summed E-state index contributed by atoms with van der Waals surface area (Å²) in [5, 5.41) is 3.86. The van der Waals surface area contributed by atoms with E-state index in [9.17, 15) is 4.79 Å². The Morgan fingerprint density at radius 3 is 2.93 bits per heavy atom. The van der Waals surface area contributed by atoms with E-state index in [1.165, 1.54) is 5.56 Å². The second-order valence-corrected chi connectivity index (χ2v) is 7.64. The van der Waals surface area contributed by atoms with Crippen LogP contribution in [-0.2, 0) is 17.8 Å². The average molecular weight is 394 g/mol. The number of nitrogens with zero attached hydrogens (tertiary/aromatic N) is 5. The highest BCUT2D eigenvalue weighted by Crippen LogP contribution is 2.26. The molecule has 152 valence electrons. The minimum atomic E-state index is -0.613. The lowest BCUT2D eigenvalue weighted by molar-refractivity contribution is -0.133. The van der Waals surface area contributed by atoms with Crippen molar-refractivity contribution in [3.8, 4) is 0 Å². The summed E-state index contributed by atoms with van der Waals surface area (Å²) in [6, 6.07) is 9.57. The lowest BCUT2D eigenvalue weighted by atomic mass is 9.97. The number of hydrogen-bond donors (Lipinski definition) is 1. The zero-order valence-electron chi connectivity index (χ0n) is 16.6. The summed E-state index contributed by atoms with van der Waals surface area (Å²) in [5.74, 6) is 1.24. The van der Waals surface area contributed by atoms with Gasteiger partial charge < -0.3 is 19.7 Å². The molecule has 4 rings (SSSR count). The minimum Gasteiger partial charge on any atom is -0.341 e. The van der Waals surface area contributed by atoms with Gasteiger partial charge in [-0.2, -0.15) is 4.98 Å². The van der Waals surface area contributed by atoms with Gasteiger partial charge >= 0.3 is 0 Å². The molecule has 1 fully saturated rings. The van der Waals surface area contributed by atoms with E-state index < -0.39 is 6.04 Å². The Morgan fingerprint density at radius 1 is 1.34 bits per heavy atom. The molecule has 8 nitrogen and oxygen atoms in total. The van der Waals surface area contributed by atoms with Crippen LogP contribution >= 0.6 is 0 Å². The monoisotopic (exact) mass is 394 g/mol. The summed E-state index contributed by atoms with van der Waals surface area (Å²) in [7, 11) is 0. The first-order valence-electron chi connectivity index (χ1n) is 9.97. The Morgan fingerprint density at radius 2 is 2.17 bits per heavy atom. The first kappa shape index (κ1) is 19.3. The first-order chi connectivity index (χ1) is 14.1. The van der Waals surface area contributed by atoms with Gasteiger partial charge in [-0.25, -0.2) is 4.98 Å². The normalized spacial score (nSPS) is 18.0. The number of aromatic nitrogens is 4. The fourth-order valence-corrected chi connectivity index (χ4v) is 3.80. The zero-order valence-corrected chi connectivity index (χ0v) is 16.6. The van der Waals surface area contributed by atoms with E-state index in [1.54, 1.807) is 13.3 Å². The van der Waals surface area contributed by atoms with Crippen molar-refractivity contribution in [2.24, 2.45) is 5.73 Å². The second kappa shape index (κ2) is 8.57. The fourth-order valence-electron chi connectivity index (χ4n) is 3.80. The molecule has 0 spiro atoms. The van der Waals surface area contributed by atoms with Crippen molar-refractivity contribution < 1.29 is 9.32 Å². The third-order valence-corrected chi connectivity index (χ3v) is 5.27. The van der Waals surface area contributed by atoms with Crippen LogP contribution in [0.2, 0.25) is 0 Å². The van der Waals surface area contributed by atoms with E-state index in [-0.39, 0.29) is 11.8 Å². The van der Waals surface area contributed by atoms with Crippen LogP contribution in [0.25, 0.3) is 0 Å². The number of piperidine rings is 1. The topological polar surface area (TPSA) is 103 Å². The number of carbonyl (C=O) groups excluding carboxylic acids is 1. The standard InChI is InChI=1S/C21H26N6O2/c1-15-24-20(29-25-15)17-8-5-9-27(12-17)21(28)19(22)10-18-13-26(14-23-18)11-16-6-3-2-4-7-16/h2-4,6-7,13-14,17,19H,5,8-12,22H2,1H3/t17?,19-/m0/s1. The van der Waals surface area contributed by atoms with E-state index in [2.05, 4.69) is 27.3 Å². The van der Waals surface area contributed by atoms with Crippen molar-refractivity contribution in [1.82, 2.24) is 24.6 Å². The summed E-state index contributed by atoms with van der Waals surface area (Å²) in [5.41, 5.74) is 8.26. The third-order valence-electron chi connectivity index (χ3n) is 5.27. The highest BCUT2D eigenvalue weighted by atomic mass is 16.5. The molecule has 0 saturated carbocycles. The number of hydrogen-bond acceptors (Lipinski definition) is 6. The number of amides is 1. The van der Waals surface area contributed by atoms with Crippen LogP contribution in [0.1, 0.15) is 41.7 Å². The largest absolute Gasteiger partial charge is 0.341 e. The Labute approximate surface area is 169 Å². The summed E-state index contributed by atoms with van der Waals surface area (Å²) in [6.45, 7) is 3.81. The van der Waals surface area contributed by atoms with Gasteiger partial charge in [0, 0.05) is 32.3 Å². The van der Waals surface area contributed by atoms with E-state index in [4.69, 9.17) is 10.3 Å². The van der Waals surface area contributed by atoms with Crippen molar-refractivity contribution in [3.05, 3.63) is 65.8 Å². The van der Waals surface area contributed by atoms with Crippen LogP contribution in [0.5, 0.6) is 0 Å². The molecule has 3 heterocycles. The van der Waals surface area contributed by atoms with Gasteiger partial charge in [0.15, 0.2) is 5.82 Å². The van der Waals surface area contributed by atoms with Crippen LogP contribution in [0, 0.1) is 6.92 Å². The predicted molar refractivity (Wildman–Crippen MR) is 107 cm³/mol. The van der Waals surface area contributed by atoms with Gasteiger partial charge in [-0.05, 0) is 25.3 Å². The van der Waals surface area contributed by atoms with E-state index in [1.807, 2.05) is 33.9 Å². The van der Waals surface area contributed by atoms with Crippen molar-refractivity contribution >= 4 is 5.91 Å². The molecule has 29 heavy (non-hydrogen) atoms. The van der Waals surface area contributed by atoms with Gasteiger partial charge in [-0.15, -0.1) is 0 Å². The number of benzene rings is 1. The van der Waals surface area contributed by atoms with Gasteiger partial charge in [0.05, 0.1) is 24.0 Å². The quantitative estimate of drug-likeness (QED) is 0.685. The fraction of sp³-hybridized carbons (Fsp3) is 0.429. The van der Waals surface area contributed by atoms with E-state index in [0.29, 0.717) is 31.2 Å². The van der Waals surface area contributed by atoms with Crippen molar-refractivity contribution in [2.45, 2.75) is 44.7 Å². The van der Waals surface area contributed by atoms with Crippen LogP contribution < -0.4 is 5.73 Å². The van der Waals surface area contributed by atoms with E-state index in [0.717, 1.165) is 25.1 Å². The number of nitrogens with two attached hydrogens (primary N) is 1. The molecule has 8 heteroatoms. The number of likely N-dealkylation sites (tertiary alicyclic amines) is 1. The molecule has 1 aliphatic rings. The van der Waals surface area contributed by atoms with Crippen LogP contribution in [-0.4, -0.2) is 49.6 Å². The third kappa shape index (κ3) is 4.71. The number of carbonyl (C=O) groups is 1. The number of aryl methyl sites for hydroxylation is 1. The second-order valence-electron chi connectivity index (χ2n) is 7.64. The molecule has 1 unspecified atom stereocenters. The lowest BCUT2D eigenvalue weighted by Crippen LogP contribution is -2.48. The highest BCUT2D eigenvalue weighted by Gasteiger charge is 2.30. The van der Waals surface area contributed by atoms with Gasteiger partial charge in [-0.1, -0.05) is 35.5 Å². The zero-order chi connectivity index (χ0) is 20.2. The maximum atomic E-state index is 12.9. The molecule has 0 bridgehead atoms. The molecule has 1 aromatic carbocycles. The van der Waals surface area contributed by atoms with Gasteiger partial charge in [0.1, 0.15) is 0 Å². The SMILES string of the molecule is Cc1noc(C2CCCN(C(=O)[C@@H](N)Cc3cn(Cc4ccccc4)cn3)C2)n1. The van der Waals surface area contributed by atoms with Crippen molar-refractivity contribution in [1.29, 1.82) is 0 Å². The number of rotatable bonds is 6. The van der Waals surface area contributed by atoms with Crippen molar-refractivity contribution in [3.63, 3.8) is 0 Å². The molecule has 0 radical (unpaired) electrons. The number of imidazole rings is 1. The van der Waals surface area contributed by atoms with Crippen LogP contribution in [0.4, 0.5) is 0 Å². The summed E-state index contributed by atoms with van der Waals surface area (Å²) < 4.78 is 7.31. The molecule has 1 amide bonds. The van der Waals surface area contributed by atoms with E-state index >= 15 is 0 Å². The molecule has 3 aromatic rings. The summed E-state index contributed by atoms with van der Waals surface area (Å²) in [6.07, 6.45) is 6.00. The Hall–Kier alpha value is -3.00. The molecule has 2 aromatic heterocycles. The minimum absolute atomic E-state index is 0.0523. The molecular weight excluding hydrogens is 368 g/mol. The Bertz CT molecular complexity index is 951. The van der Waals surface area contributed by atoms with Crippen LogP contribution in [0.15, 0.2) is 47.4 Å². The maximum absolute atomic E-state index is 12.9. The van der Waals surface area contributed by atoms with Gasteiger partial charge in [0.25, 0.3) is 0 Å². The predicted octanol–water partition coefficient (Wildman–Crippen LogP) is 1.90. The Balaban J connectivity index is 1.34. The van der Waals surface area contributed by atoms with Crippen molar-refractivity contribution in [2.75, 3.05) is 13.1 Å². The van der Waals surface area contributed by atoms with Gasteiger partial charge in [-0.3, -0.25) is 4.79 Å². The maximum Gasteiger partial charge on any atom is 0.239 e. The Kier molecular flexibility index (Phi) is 5.71.